The Morgan fingerprint density at radius 2 is 1.81 bits per heavy atom. The average molecular weight is 634 g/mol. The molecule has 0 saturated carbocycles. The first-order chi connectivity index (χ1) is 17.2. The second-order valence-electron chi connectivity index (χ2n) is 7.92. The molecule has 3 aromatic carbocycles. The molecule has 0 unspecified atom stereocenters. The molecule has 6 nitrogen and oxygen atoms in total. The summed E-state index contributed by atoms with van der Waals surface area (Å²) in [5, 5.41) is 1.92. The van der Waals surface area contributed by atoms with Crippen molar-refractivity contribution in [1.29, 1.82) is 0 Å². The molecular formula is C26H19Br2FN2O4S. The van der Waals surface area contributed by atoms with Gasteiger partial charge < -0.3 is 10.1 Å². The first-order valence-corrected chi connectivity index (χ1v) is 13.1. The van der Waals surface area contributed by atoms with Crippen molar-refractivity contribution in [2.75, 3.05) is 11.9 Å². The van der Waals surface area contributed by atoms with Crippen LogP contribution >= 0.6 is 43.6 Å². The van der Waals surface area contributed by atoms with E-state index in [1.54, 1.807) is 18.2 Å². The first kappa shape index (κ1) is 26.1. The molecular weight excluding hydrogens is 615 g/mol. The van der Waals surface area contributed by atoms with Gasteiger partial charge in [0, 0.05) is 5.69 Å². The van der Waals surface area contributed by atoms with Crippen LogP contribution in [-0.4, -0.2) is 28.5 Å². The van der Waals surface area contributed by atoms with Crippen LogP contribution in [0.5, 0.6) is 5.75 Å². The lowest BCUT2D eigenvalue weighted by molar-refractivity contribution is -0.127. The van der Waals surface area contributed by atoms with Gasteiger partial charge in [-0.05, 0) is 98.1 Å². The standard InChI is InChI=1S/C26H19Br2FN2O4S/c1-15-4-2-5-16(8-15)14-35-24-20(27)9-17(10-21(24)28)11-22-25(33)31(26(34)36-22)13-23(32)30-19-7-3-6-18(29)12-19/h2-12H,13-14H2,1H3,(H,30,32)/b22-11+. The number of anilines is 1. The Labute approximate surface area is 228 Å². The van der Waals surface area contributed by atoms with Gasteiger partial charge in [-0.1, -0.05) is 35.9 Å². The summed E-state index contributed by atoms with van der Waals surface area (Å²) in [4.78, 5) is 38.6. The highest BCUT2D eigenvalue weighted by atomic mass is 79.9. The summed E-state index contributed by atoms with van der Waals surface area (Å²) in [6.45, 7) is 1.93. The molecule has 0 spiro atoms. The predicted molar refractivity (Wildman–Crippen MR) is 145 cm³/mol. The molecule has 1 heterocycles. The minimum Gasteiger partial charge on any atom is -0.487 e. The summed E-state index contributed by atoms with van der Waals surface area (Å²) in [6, 6.07) is 16.9. The van der Waals surface area contributed by atoms with Crippen molar-refractivity contribution in [1.82, 2.24) is 4.90 Å². The molecule has 1 saturated heterocycles. The lowest BCUT2D eigenvalue weighted by Crippen LogP contribution is -2.36. The smallest absolute Gasteiger partial charge is 0.294 e. The Morgan fingerprint density at radius 1 is 1.08 bits per heavy atom. The Kier molecular flexibility index (Phi) is 8.28. The molecule has 10 heteroatoms. The third-order valence-electron chi connectivity index (χ3n) is 5.07. The monoisotopic (exact) mass is 632 g/mol. The molecule has 0 radical (unpaired) electrons. The van der Waals surface area contributed by atoms with Crippen LogP contribution in [0.2, 0.25) is 0 Å². The Hall–Kier alpha value is -2.95. The number of rotatable bonds is 7. The average Bonchev–Trinajstić information content (AvgIpc) is 3.06. The fourth-order valence-electron chi connectivity index (χ4n) is 3.46. The Bertz CT molecular complexity index is 1370. The van der Waals surface area contributed by atoms with Crippen LogP contribution in [0.15, 0.2) is 74.5 Å². The number of benzene rings is 3. The van der Waals surface area contributed by atoms with Crippen LogP contribution in [-0.2, 0) is 16.2 Å². The van der Waals surface area contributed by atoms with Crippen LogP contribution in [0.1, 0.15) is 16.7 Å². The summed E-state index contributed by atoms with van der Waals surface area (Å²) in [5.74, 6) is -1.09. The van der Waals surface area contributed by atoms with Crippen LogP contribution in [0.3, 0.4) is 0 Å². The molecule has 0 aromatic heterocycles. The normalized spacial score (nSPS) is 14.4. The number of ether oxygens (including phenoxy) is 1. The van der Waals surface area contributed by atoms with Crippen molar-refractivity contribution in [3.8, 4) is 5.75 Å². The maximum atomic E-state index is 13.3. The molecule has 4 rings (SSSR count). The zero-order valence-corrected chi connectivity index (χ0v) is 22.9. The number of thioether (sulfide) groups is 1. The third kappa shape index (κ3) is 6.43. The molecule has 1 aliphatic heterocycles. The van der Waals surface area contributed by atoms with E-state index in [0.717, 1.165) is 33.9 Å². The van der Waals surface area contributed by atoms with Crippen LogP contribution in [0.25, 0.3) is 6.08 Å². The zero-order chi connectivity index (χ0) is 25.8. The number of nitrogens with one attached hydrogen (secondary N) is 1. The summed E-state index contributed by atoms with van der Waals surface area (Å²) < 4.78 is 20.6. The lowest BCUT2D eigenvalue weighted by atomic mass is 10.1. The van der Waals surface area contributed by atoms with Crippen molar-refractivity contribution < 1.29 is 23.5 Å². The van der Waals surface area contributed by atoms with E-state index in [1.165, 1.54) is 18.2 Å². The van der Waals surface area contributed by atoms with Crippen molar-refractivity contribution in [2.24, 2.45) is 0 Å². The van der Waals surface area contributed by atoms with E-state index < -0.39 is 29.4 Å². The van der Waals surface area contributed by atoms with Gasteiger partial charge in [-0.15, -0.1) is 0 Å². The number of carbonyl (C=O) groups excluding carboxylic acids is 3. The number of hydrogen-bond donors (Lipinski definition) is 1. The molecule has 3 aromatic rings. The first-order valence-electron chi connectivity index (χ1n) is 10.7. The van der Waals surface area contributed by atoms with Gasteiger partial charge in [-0.2, -0.15) is 0 Å². The van der Waals surface area contributed by atoms with Crippen molar-refractivity contribution in [3.05, 3.63) is 97.0 Å². The number of aryl methyl sites for hydroxylation is 1. The van der Waals surface area contributed by atoms with E-state index in [0.29, 0.717) is 26.9 Å². The fourth-order valence-corrected chi connectivity index (χ4v) is 5.75. The maximum absolute atomic E-state index is 13.3. The number of carbonyl (C=O) groups is 3. The fraction of sp³-hybridized carbons (Fsp3) is 0.115. The van der Waals surface area contributed by atoms with Gasteiger partial charge >= 0.3 is 0 Å². The molecule has 184 valence electrons. The van der Waals surface area contributed by atoms with E-state index in [4.69, 9.17) is 4.74 Å². The minimum absolute atomic E-state index is 0.186. The molecule has 1 N–H and O–H groups in total. The minimum atomic E-state index is -0.607. The summed E-state index contributed by atoms with van der Waals surface area (Å²) >= 11 is 7.77. The SMILES string of the molecule is Cc1cccc(COc2c(Br)cc(/C=C3/SC(=O)N(CC(=O)Nc4cccc(F)c4)C3=O)cc2Br)c1. The quantitative estimate of drug-likeness (QED) is 0.286. The van der Waals surface area contributed by atoms with Gasteiger partial charge in [0.25, 0.3) is 11.1 Å². The van der Waals surface area contributed by atoms with Crippen molar-refractivity contribution in [3.63, 3.8) is 0 Å². The van der Waals surface area contributed by atoms with E-state index in [1.807, 2.05) is 31.2 Å². The summed E-state index contributed by atoms with van der Waals surface area (Å²) in [5.41, 5.74) is 3.08. The molecule has 0 atom stereocenters. The van der Waals surface area contributed by atoms with Crippen LogP contribution in [0.4, 0.5) is 14.9 Å². The molecule has 1 aliphatic rings. The summed E-state index contributed by atoms with van der Waals surface area (Å²) in [6.07, 6.45) is 1.58. The third-order valence-corrected chi connectivity index (χ3v) is 7.15. The van der Waals surface area contributed by atoms with E-state index >= 15 is 0 Å². The molecule has 0 bridgehead atoms. The van der Waals surface area contributed by atoms with Gasteiger partial charge in [-0.25, -0.2) is 4.39 Å². The van der Waals surface area contributed by atoms with Crippen LogP contribution < -0.4 is 10.1 Å². The second kappa shape index (κ2) is 11.4. The van der Waals surface area contributed by atoms with E-state index in [-0.39, 0.29) is 10.6 Å². The number of hydrogen-bond acceptors (Lipinski definition) is 5. The Morgan fingerprint density at radius 3 is 2.50 bits per heavy atom. The van der Waals surface area contributed by atoms with Gasteiger partial charge in [0.1, 0.15) is 24.7 Å². The Balaban J connectivity index is 1.44. The highest BCUT2D eigenvalue weighted by Crippen LogP contribution is 2.38. The van der Waals surface area contributed by atoms with Crippen LogP contribution in [0, 0.1) is 12.7 Å². The molecule has 0 aliphatic carbocycles. The predicted octanol–water partition coefficient (Wildman–Crippen LogP) is 6.91. The highest BCUT2D eigenvalue weighted by molar-refractivity contribution is 9.11. The number of halogens is 3. The molecule has 1 fully saturated rings. The molecule has 36 heavy (non-hydrogen) atoms. The highest BCUT2D eigenvalue weighted by Gasteiger charge is 2.36. The number of nitrogens with zero attached hydrogens (tertiary/aromatic N) is 1. The van der Waals surface area contributed by atoms with Gasteiger partial charge in [0.15, 0.2) is 0 Å². The largest absolute Gasteiger partial charge is 0.487 e. The van der Waals surface area contributed by atoms with Gasteiger partial charge in [-0.3, -0.25) is 19.3 Å². The van der Waals surface area contributed by atoms with Gasteiger partial charge in [0.2, 0.25) is 5.91 Å². The second-order valence-corrected chi connectivity index (χ2v) is 10.6. The zero-order valence-electron chi connectivity index (χ0n) is 18.9. The lowest BCUT2D eigenvalue weighted by Gasteiger charge is -2.13. The van der Waals surface area contributed by atoms with E-state index in [2.05, 4.69) is 37.2 Å². The topological polar surface area (TPSA) is 75.7 Å². The number of amides is 3. The van der Waals surface area contributed by atoms with Gasteiger partial charge in [0.05, 0.1) is 13.9 Å². The van der Waals surface area contributed by atoms with E-state index in [9.17, 15) is 18.8 Å². The van der Waals surface area contributed by atoms with Crippen molar-refractivity contribution in [2.45, 2.75) is 13.5 Å². The number of imide groups is 1. The van der Waals surface area contributed by atoms with Crippen molar-refractivity contribution >= 4 is 72.4 Å². The maximum Gasteiger partial charge on any atom is 0.294 e. The summed E-state index contributed by atoms with van der Waals surface area (Å²) in [7, 11) is 0. The molecule has 3 amide bonds.